The predicted octanol–water partition coefficient (Wildman–Crippen LogP) is 0.108. The second-order valence-electron chi connectivity index (χ2n) is 1.20. The number of hydrogen-bond acceptors (Lipinski definition) is 2. The summed E-state index contributed by atoms with van der Waals surface area (Å²) < 4.78 is 0. The molecule has 0 saturated heterocycles. The number of carboxylic acids is 1. The van der Waals surface area contributed by atoms with E-state index in [0.29, 0.717) is 5.32 Å². The molecule has 4 heteroatoms. The van der Waals surface area contributed by atoms with Gasteiger partial charge in [-0.25, -0.2) is 0 Å². The summed E-state index contributed by atoms with van der Waals surface area (Å²) in [7, 11) is 0. The van der Waals surface area contributed by atoms with E-state index in [1.165, 1.54) is 6.08 Å². The topological polar surface area (TPSA) is 61.1 Å². The summed E-state index contributed by atoms with van der Waals surface area (Å²) in [6, 6.07) is 1.54. The summed E-state index contributed by atoms with van der Waals surface area (Å²) in [6.07, 6.45) is 1.32. The zero-order chi connectivity index (χ0) is 7.28. The molecule has 0 saturated carbocycles. The molecular formula is C5H4NO2Se. The van der Waals surface area contributed by atoms with Gasteiger partial charge in [0.05, 0.1) is 0 Å². The van der Waals surface area contributed by atoms with E-state index in [1.807, 2.05) is 0 Å². The first-order valence-electron chi connectivity index (χ1n) is 2.14. The van der Waals surface area contributed by atoms with Gasteiger partial charge in [-0.1, -0.05) is 0 Å². The van der Waals surface area contributed by atoms with Gasteiger partial charge in [-0.2, -0.15) is 0 Å². The third-order valence-electron chi connectivity index (χ3n) is 0.638. The van der Waals surface area contributed by atoms with E-state index in [9.17, 15) is 4.79 Å². The molecule has 0 bridgehead atoms. The summed E-state index contributed by atoms with van der Waals surface area (Å²) in [4.78, 5) is 10.0. The van der Waals surface area contributed by atoms with Crippen molar-refractivity contribution in [2.75, 3.05) is 0 Å². The maximum atomic E-state index is 10.0. The summed E-state index contributed by atoms with van der Waals surface area (Å²) >= 11 is 2.57. The quantitative estimate of drug-likeness (QED) is 0.381. The van der Waals surface area contributed by atoms with Gasteiger partial charge in [0.15, 0.2) is 0 Å². The Hall–Kier alpha value is -0.781. The van der Waals surface area contributed by atoms with Crippen molar-refractivity contribution in [1.29, 1.82) is 5.26 Å². The fourth-order valence-corrected chi connectivity index (χ4v) is 0.614. The van der Waals surface area contributed by atoms with Gasteiger partial charge in [0.25, 0.3) is 0 Å². The van der Waals surface area contributed by atoms with E-state index in [0.717, 1.165) is 0 Å². The standard InChI is InChI=1S/C5H4NO2Se/c6-3-4(1-2-9)5(7)8/h1H,2H2,(H,7,8)/b4-1+. The van der Waals surface area contributed by atoms with Gasteiger partial charge in [-0.05, 0) is 0 Å². The molecule has 0 aromatic heterocycles. The van der Waals surface area contributed by atoms with Gasteiger partial charge < -0.3 is 0 Å². The van der Waals surface area contributed by atoms with Crippen LogP contribution >= 0.6 is 0 Å². The minimum absolute atomic E-state index is 0.214. The molecule has 0 unspecified atom stereocenters. The Kier molecular flexibility index (Phi) is 3.78. The van der Waals surface area contributed by atoms with Crippen LogP contribution in [-0.4, -0.2) is 27.1 Å². The third-order valence-corrected chi connectivity index (χ3v) is 0.988. The van der Waals surface area contributed by atoms with Crippen molar-refractivity contribution in [2.24, 2.45) is 0 Å². The number of rotatable bonds is 2. The molecular weight excluding hydrogens is 185 g/mol. The molecule has 0 amide bonds. The first-order chi connectivity index (χ1) is 4.22. The van der Waals surface area contributed by atoms with Crippen LogP contribution in [0.3, 0.4) is 0 Å². The molecule has 0 heterocycles. The van der Waals surface area contributed by atoms with Crippen molar-refractivity contribution in [2.45, 2.75) is 5.32 Å². The van der Waals surface area contributed by atoms with E-state index >= 15 is 0 Å². The van der Waals surface area contributed by atoms with E-state index in [2.05, 4.69) is 16.0 Å². The monoisotopic (exact) mass is 190 g/mol. The Morgan fingerprint density at radius 1 is 1.89 bits per heavy atom. The Morgan fingerprint density at radius 3 is 2.56 bits per heavy atom. The van der Waals surface area contributed by atoms with Crippen LogP contribution in [0.25, 0.3) is 0 Å². The van der Waals surface area contributed by atoms with E-state index in [4.69, 9.17) is 10.4 Å². The number of carbonyl (C=O) groups is 1. The fraction of sp³-hybridized carbons (Fsp3) is 0.200. The number of carboxylic acid groups (broad SMARTS) is 1. The summed E-state index contributed by atoms with van der Waals surface area (Å²) in [5, 5.41) is 16.8. The molecule has 0 aromatic carbocycles. The van der Waals surface area contributed by atoms with Gasteiger partial charge in [-0.15, -0.1) is 0 Å². The van der Waals surface area contributed by atoms with Crippen LogP contribution in [0.2, 0.25) is 5.32 Å². The van der Waals surface area contributed by atoms with Crippen LogP contribution in [0, 0.1) is 11.3 Å². The molecule has 0 fully saturated rings. The molecule has 0 atom stereocenters. The zero-order valence-electron chi connectivity index (χ0n) is 4.50. The van der Waals surface area contributed by atoms with Gasteiger partial charge in [0.2, 0.25) is 0 Å². The van der Waals surface area contributed by atoms with Crippen LogP contribution in [-0.2, 0) is 4.79 Å². The molecule has 0 rings (SSSR count). The van der Waals surface area contributed by atoms with Crippen molar-refractivity contribution in [3.05, 3.63) is 11.6 Å². The Bertz CT molecular complexity index is 180. The number of nitriles is 1. The first-order valence-corrected chi connectivity index (χ1v) is 3.35. The van der Waals surface area contributed by atoms with Crippen LogP contribution in [0.4, 0.5) is 0 Å². The predicted molar refractivity (Wildman–Crippen MR) is 31.9 cm³/mol. The molecule has 1 radical (unpaired) electrons. The minimum atomic E-state index is -1.17. The van der Waals surface area contributed by atoms with E-state index in [1.54, 1.807) is 6.07 Å². The van der Waals surface area contributed by atoms with Crippen LogP contribution in [0.15, 0.2) is 11.6 Å². The molecule has 0 spiro atoms. The average Bonchev–Trinajstić information content (AvgIpc) is 1.82. The molecule has 9 heavy (non-hydrogen) atoms. The second-order valence-corrected chi connectivity index (χ2v) is 1.90. The Morgan fingerprint density at radius 2 is 2.44 bits per heavy atom. The Balaban J connectivity index is 4.20. The molecule has 0 aliphatic heterocycles. The fourth-order valence-electron chi connectivity index (χ4n) is 0.264. The molecule has 47 valence electrons. The van der Waals surface area contributed by atoms with Gasteiger partial charge in [0.1, 0.15) is 0 Å². The SMILES string of the molecule is N#C/C(=C\C[Se])C(=O)O. The van der Waals surface area contributed by atoms with Gasteiger partial charge in [0, 0.05) is 0 Å². The van der Waals surface area contributed by atoms with Crippen LogP contribution < -0.4 is 0 Å². The summed E-state index contributed by atoms with van der Waals surface area (Å²) in [5.41, 5.74) is -0.214. The molecule has 0 aliphatic rings. The molecule has 0 aromatic rings. The van der Waals surface area contributed by atoms with Crippen molar-refractivity contribution >= 4 is 22.0 Å². The van der Waals surface area contributed by atoms with Gasteiger partial charge in [-0.3, -0.25) is 0 Å². The number of hydrogen-bond donors (Lipinski definition) is 1. The second kappa shape index (κ2) is 4.13. The number of aliphatic carboxylic acids is 1. The normalized spacial score (nSPS) is 10.4. The molecule has 3 nitrogen and oxygen atoms in total. The summed E-state index contributed by atoms with van der Waals surface area (Å²) in [6.45, 7) is 0. The van der Waals surface area contributed by atoms with Crippen molar-refractivity contribution in [3.8, 4) is 6.07 Å². The first kappa shape index (κ1) is 8.22. The third kappa shape index (κ3) is 2.91. The molecule has 1 N–H and O–H groups in total. The van der Waals surface area contributed by atoms with E-state index < -0.39 is 5.97 Å². The maximum absolute atomic E-state index is 10.0. The zero-order valence-corrected chi connectivity index (χ0v) is 6.21. The van der Waals surface area contributed by atoms with E-state index in [-0.39, 0.29) is 5.57 Å². The van der Waals surface area contributed by atoms with Crippen molar-refractivity contribution in [1.82, 2.24) is 0 Å². The Labute approximate surface area is 60.8 Å². The average molecular weight is 189 g/mol. The van der Waals surface area contributed by atoms with Crippen molar-refractivity contribution < 1.29 is 9.90 Å². The summed E-state index contributed by atoms with van der Waals surface area (Å²) in [5.74, 6) is -1.17. The van der Waals surface area contributed by atoms with Gasteiger partial charge >= 0.3 is 60.2 Å². The van der Waals surface area contributed by atoms with Crippen molar-refractivity contribution in [3.63, 3.8) is 0 Å². The van der Waals surface area contributed by atoms with Crippen LogP contribution in [0.1, 0.15) is 0 Å². The van der Waals surface area contributed by atoms with Crippen LogP contribution in [0.5, 0.6) is 0 Å². The number of nitrogens with zero attached hydrogens (tertiary/aromatic N) is 1. The molecule has 0 aliphatic carbocycles. The number of allylic oxidation sites excluding steroid dienone is 1.